The van der Waals surface area contributed by atoms with Crippen LogP contribution in [0.5, 0.6) is 0 Å². The molecule has 1 heterocycles. The van der Waals surface area contributed by atoms with Crippen molar-refractivity contribution >= 4 is 11.3 Å². The Balaban J connectivity index is 2.33. The Kier molecular flexibility index (Phi) is 6.69. The van der Waals surface area contributed by atoms with Gasteiger partial charge >= 0.3 is 0 Å². The van der Waals surface area contributed by atoms with Crippen LogP contribution in [0.25, 0.3) is 0 Å². The van der Waals surface area contributed by atoms with Gasteiger partial charge in [0.25, 0.3) is 0 Å². The second kappa shape index (κ2) is 7.82. The molecule has 2 nitrogen and oxygen atoms in total. The first kappa shape index (κ1) is 13.7. The van der Waals surface area contributed by atoms with Crippen LogP contribution < -0.4 is 0 Å². The van der Waals surface area contributed by atoms with E-state index in [9.17, 15) is 5.11 Å². The van der Waals surface area contributed by atoms with Gasteiger partial charge in [0, 0.05) is 6.61 Å². The minimum atomic E-state index is -0.334. The van der Waals surface area contributed by atoms with Crippen molar-refractivity contribution in [3.8, 4) is 0 Å². The summed E-state index contributed by atoms with van der Waals surface area (Å²) in [7, 11) is 0. The van der Waals surface area contributed by atoms with E-state index in [1.54, 1.807) is 11.3 Å². The number of aliphatic hydroxyl groups excluding tert-OH is 1. The third-order valence-corrected chi connectivity index (χ3v) is 3.42. The fourth-order valence-electron chi connectivity index (χ4n) is 1.82. The zero-order chi connectivity index (χ0) is 11.8. The Morgan fingerprint density at radius 1 is 1.38 bits per heavy atom. The van der Waals surface area contributed by atoms with Gasteiger partial charge in [0.05, 0.1) is 12.2 Å². The smallest absolute Gasteiger partial charge is 0.0833 e. The molecule has 0 aliphatic carbocycles. The fraction of sp³-hybridized carbons (Fsp3) is 0.692. The van der Waals surface area contributed by atoms with E-state index in [4.69, 9.17) is 4.74 Å². The molecule has 0 aromatic carbocycles. The van der Waals surface area contributed by atoms with Gasteiger partial charge < -0.3 is 9.84 Å². The largest absolute Gasteiger partial charge is 0.390 e. The molecule has 0 amide bonds. The summed E-state index contributed by atoms with van der Waals surface area (Å²) in [6.07, 6.45) is 3.41. The van der Waals surface area contributed by atoms with Gasteiger partial charge in [-0.3, -0.25) is 0 Å². The van der Waals surface area contributed by atoms with E-state index in [0.717, 1.165) is 25.7 Å². The summed E-state index contributed by atoms with van der Waals surface area (Å²) in [6, 6.07) is 2.12. The summed E-state index contributed by atoms with van der Waals surface area (Å²) < 4.78 is 5.57. The van der Waals surface area contributed by atoms with Crippen LogP contribution in [0.3, 0.4) is 0 Å². The summed E-state index contributed by atoms with van der Waals surface area (Å²) in [5.41, 5.74) is 1.32. The summed E-state index contributed by atoms with van der Waals surface area (Å²) in [5.74, 6) is 0. The molecule has 16 heavy (non-hydrogen) atoms. The van der Waals surface area contributed by atoms with E-state index in [2.05, 4.69) is 23.8 Å². The van der Waals surface area contributed by atoms with Crippen molar-refractivity contribution in [3.05, 3.63) is 22.4 Å². The molecule has 0 aliphatic rings. The lowest BCUT2D eigenvalue weighted by Crippen LogP contribution is -2.29. The molecule has 1 N–H and O–H groups in total. The zero-order valence-electron chi connectivity index (χ0n) is 10.2. The highest BCUT2D eigenvalue weighted by atomic mass is 32.1. The average molecular weight is 242 g/mol. The molecular weight excluding hydrogens is 220 g/mol. The van der Waals surface area contributed by atoms with Gasteiger partial charge in [-0.05, 0) is 48.6 Å². The third kappa shape index (κ3) is 4.64. The Bertz CT molecular complexity index is 253. The average Bonchev–Trinajstić information content (AvgIpc) is 2.78. The van der Waals surface area contributed by atoms with Gasteiger partial charge in [0.15, 0.2) is 0 Å². The molecule has 2 unspecified atom stereocenters. The maximum absolute atomic E-state index is 10.0. The molecule has 0 radical (unpaired) electrons. The predicted octanol–water partition coefficient (Wildman–Crippen LogP) is 3.25. The maximum atomic E-state index is 10.0. The lowest BCUT2D eigenvalue weighted by molar-refractivity contribution is -0.0397. The van der Waals surface area contributed by atoms with Gasteiger partial charge in [0.2, 0.25) is 0 Å². The van der Waals surface area contributed by atoms with Crippen LogP contribution in [-0.2, 0) is 11.2 Å². The Morgan fingerprint density at radius 2 is 2.19 bits per heavy atom. The number of ether oxygens (including phenoxy) is 1. The van der Waals surface area contributed by atoms with Crippen LogP contribution in [0, 0.1) is 0 Å². The number of rotatable bonds is 8. The molecular formula is C13H22O2S. The molecule has 3 heteroatoms. The number of hydrogen-bond acceptors (Lipinski definition) is 3. The van der Waals surface area contributed by atoms with Crippen molar-refractivity contribution in [3.63, 3.8) is 0 Å². The molecule has 0 aliphatic heterocycles. The predicted molar refractivity (Wildman–Crippen MR) is 69.0 cm³/mol. The molecule has 1 aromatic heterocycles. The van der Waals surface area contributed by atoms with Crippen LogP contribution in [0.2, 0.25) is 0 Å². The molecule has 1 rings (SSSR count). The van der Waals surface area contributed by atoms with Gasteiger partial charge in [-0.25, -0.2) is 0 Å². The van der Waals surface area contributed by atoms with E-state index in [1.807, 2.05) is 6.92 Å². The molecule has 0 saturated carbocycles. The second-order valence-electron chi connectivity index (χ2n) is 4.02. The summed E-state index contributed by atoms with van der Waals surface area (Å²) >= 11 is 1.71. The third-order valence-electron chi connectivity index (χ3n) is 2.69. The minimum absolute atomic E-state index is 0.00800. The highest BCUT2D eigenvalue weighted by Gasteiger charge is 2.18. The van der Waals surface area contributed by atoms with Gasteiger partial charge in [0.1, 0.15) is 0 Å². The van der Waals surface area contributed by atoms with Gasteiger partial charge in [-0.2, -0.15) is 11.3 Å². The molecule has 0 bridgehead atoms. The van der Waals surface area contributed by atoms with Crippen molar-refractivity contribution in [2.75, 3.05) is 6.61 Å². The molecule has 92 valence electrons. The van der Waals surface area contributed by atoms with Crippen LogP contribution in [0.4, 0.5) is 0 Å². The van der Waals surface area contributed by atoms with E-state index in [1.165, 1.54) is 5.56 Å². The standard InChI is InChI=1S/C13H22O2S/c1-3-5-13(15-4-2)12(14)7-6-11-8-9-16-10-11/h8-10,12-14H,3-7H2,1-2H3. The zero-order valence-corrected chi connectivity index (χ0v) is 11.0. The highest BCUT2D eigenvalue weighted by Crippen LogP contribution is 2.15. The quantitative estimate of drug-likeness (QED) is 0.758. The van der Waals surface area contributed by atoms with Crippen molar-refractivity contribution in [1.29, 1.82) is 0 Å². The normalized spacial score (nSPS) is 14.9. The van der Waals surface area contributed by atoms with Crippen LogP contribution in [0.15, 0.2) is 16.8 Å². The first-order chi connectivity index (χ1) is 7.77. The van der Waals surface area contributed by atoms with E-state index >= 15 is 0 Å². The summed E-state index contributed by atoms with van der Waals surface area (Å²) in [6.45, 7) is 4.78. The summed E-state index contributed by atoms with van der Waals surface area (Å²) in [5, 5.41) is 14.3. The maximum Gasteiger partial charge on any atom is 0.0833 e. The second-order valence-corrected chi connectivity index (χ2v) is 4.80. The first-order valence-electron chi connectivity index (χ1n) is 6.08. The van der Waals surface area contributed by atoms with Crippen LogP contribution >= 0.6 is 11.3 Å². The molecule has 0 spiro atoms. The van der Waals surface area contributed by atoms with Crippen molar-refractivity contribution in [1.82, 2.24) is 0 Å². The number of thiophene rings is 1. The number of hydrogen-bond donors (Lipinski definition) is 1. The summed E-state index contributed by atoms with van der Waals surface area (Å²) in [4.78, 5) is 0. The van der Waals surface area contributed by atoms with Crippen LogP contribution in [-0.4, -0.2) is 23.9 Å². The number of aryl methyl sites for hydroxylation is 1. The minimum Gasteiger partial charge on any atom is -0.390 e. The first-order valence-corrected chi connectivity index (χ1v) is 7.03. The van der Waals surface area contributed by atoms with Gasteiger partial charge in [-0.1, -0.05) is 13.3 Å². The Morgan fingerprint density at radius 3 is 2.75 bits per heavy atom. The lowest BCUT2D eigenvalue weighted by Gasteiger charge is -2.22. The molecule has 2 atom stereocenters. The van der Waals surface area contributed by atoms with E-state index in [0.29, 0.717) is 6.61 Å². The molecule has 0 saturated heterocycles. The van der Waals surface area contributed by atoms with Crippen molar-refractivity contribution in [2.45, 2.75) is 51.7 Å². The SMILES string of the molecule is CCCC(OCC)C(O)CCc1ccsc1. The Labute approximate surface area is 102 Å². The van der Waals surface area contributed by atoms with E-state index < -0.39 is 0 Å². The van der Waals surface area contributed by atoms with Crippen molar-refractivity contribution < 1.29 is 9.84 Å². The van der Waals surface area contributed by atoms with E-state index in [-0.39, 0.29) is 12.2 Å². The van der Waals surface area contributed by atoms with Gasteiger partial charge in [-0.15, -0.1) is 0 Å². The van der Waals surface area contributed by atoms with Crippen molar-refractivity contribution in [2.24, 2.45) is 0 Å². The number of aliphatic hydroxyl groups is 1. The van der Waals surface area contributed by atoms with Crippen LogP contribution in [0.1, 0.15) is 38.7 Å². The monoisotopic (exact) mass is 242 g/mol. The molecule has 0 fully saturated rings. The highest BCUT2D eigenvalue weighted by molar-refractivity contribution is 7.07. The molecule has 1 aromatic rings. The lowest BCUT2D eigenvalue weighted by atomic mass is 10.0. The Hall–Kier alpha value is -0.380. The topological polar surface area (TPSA) is 29.5 Å². The fourth-order valence-corrected chi connectivity index (χ4v) is 2.52.